The standard InChI is InChI=1S/C29H24F2N4O4.C21H21FN4O4.C8H7FO2/c1-38-27(36)5-3-2-4-25-32-24-17-19(28-33-26(39-34-28)16-18-6-9-20(30)10-7-18)8-15-23(24)29(37)35(25)22-13-11-21(31)12-14-22;1-30-19(27)5-3-2-4-18-24-17-12-13(20(23)25-29)6-11-16(17)21(28)26(18)15-9-7-14(22)8-10-15;9-7-3-1-6(2-4-7)5-8(10)11/h6-15,17H,2-5,16H2,1H3;6-12,29H,2-5H2,1H3,(H2,23,25);1-4H,5H2,(H,10,11). The summed E-state index contributed by atoms with van der Waals surface area (Å²) in [5.41, 5.74) is 9.32. The van der Waals surface area contributed by atoms with Gasteiger partial charge in [0.05, 0.1) is 60.2 Å². The van der Waals surface area contributed by atoms with Crippen LogP contribution in [-0.4, -0.2) is 77.5 Å². The first kappa shape index (κ1) is 57.8. The fourth-order valence-corrected chi connectivity index (χ4v) is 8.17. The first-order valence-corrected chi connectivity index (χ1v) is 24.8. The number of carboxylic acids is 1. The van der Waals surface area contributed by atoms with Crippen molar-refractivity contribution < 1.29 is 56.3 Å². The molecule has 0 amide bonds. The minimum atomic E-state index is -0.906. The number of amidine groups is 1. The largest absolute Gasteiger partial charge is 0.481 e. The van der Waals surface area contributed by atoms with Gasteiger partial charge in [-0.25, -0.2) is 27.5 Å². The third-order valence-corrected chi connectivity index (χ3v) is 12.2. The van der Waals surface area contributed by atoms with Crippen LogP contribution in [0.4, 0.5) is 17.6 Å². The summed E-state index contributed by atoms with van der Waals surface area (Å²) in [6, 6.07) is 32.4. The minimum absolute atomic E-state index is 0.0553. The second-order valence-corrected chi connectivity index (χ2v) is 17.8. The fourth-order valence-electron chi connectivity index (χ4n) is 8.17. The Hall–Kier alpha value is -9.86. The Labute approximate surface area is 453 Å². The number of oxime groups is 1. The molecule has 0 saturated heterocycles. The number of carbonyl (C=O) groups is 3. The molecule has 0 aliphatic rings. The Balaban J connectivity index is 0.000000199. The summed E-state index contributed by atoms with van der Waals surface area (Å²) >= 11 is 0. The van der Waals surface area contributed by atoms with E-state index in [4.69, 9.17) is 30.3 Å². The first-order valence-electron chi connectivity index (χ1n) is 24.8. The van der Waals surface area contributed by atoms with Gasteiger partial charge >= 0.3 is 17.9 Å². The van der Waals surface area contributed by atoms with Crippen LogP contribution < -0.4 is 16.9 Å². The van der Waals surface area contributed by atoms with Gasteiger partial charge in [-0.3, -0.25) is 33.1 Å². The van der Waals surface area contributed by atoms with E-state index >= 15 is 0 Å². The van der Waals surface area contributed by atoms with Crippen LogP contribution >= 0.6 is 0 Å². The molecule has 80 heavy (non-hydrogen) atoms. The third-order valence-electron chi connectivity index (χ3n) is 12.2. The number of ether oxygens (including phenoxy) is 2. The smallest absolute Gasteiger partial charge is 0.307 e. The predicted octanol–water partition coefficient (Wildman–Crippen LogP) is 9.15. The van der Waals surface area contributed by atoms with Gasteiger partial charge in [0.15, 0.2) is 5.84 Å². The molecule has 18 nitrogen and oxygen atoms in total. The second kappa shape index (κ2) is 27.5. The molecule has 0 saturated carbocycles. The van der Waals surface area contributed by atoms with Gasteiger partial charge in [0, 0.05) is 36.8 Å². The fraction of sp³-hybridized carbons (Fsp3) is 0.207. The van der Waals surface area contributed by atoms with Crippen LogP contribution in [-0.2, 0) is 49.5 Å². The van der Waals surface area contributed by atoms with E-state index in [0.29, 0.717) is 118 Å². The summed E-state index contributed by atoms with van der Waals surface area (Å²) in [6.45, 7) is 0. The van der Waals surface area contributed by atoms with Crippen molar-refractivity contribution in [3.63, 3.8) is 0 Å². The van der Waals surface area contributed by atoms with Crippen molar-refractivity contribution in [1.29, 1.82) is 0 Å². The molecule has 412 valence electrons. The molecule has 3 aromatic heterocycles. The molecule has 3 heterocycles. The molecule has 0 spiro atoms. The quantitative estimate of drug-likeness (QED) is 0.0138. The number of aryl methyl sites for hydroxylation is 2. The summed E-state index contributed by atoms with van der Waals surface area (Å²) in [4.78, 5) is 73.6. The number of carboxylic acid groups (broad SMARTS) is 1. The van der Waals surface area contributed by atoms with Gasteiger partial charge < -0.3 is 30.0 Å². The third kappa shape index (κ3) is 15.4. The maximum Gasteiger partial charge on any atom is 0.307 e. The van der Waals surface area contributed by atoms with Crippen LogP contribution in [0.5, 0.6) is 0 Å². The van der Waals surface area contributed by atoms with E-state index in [0.717, 1.165) is 5.56 Å². The molecule has 0 aliphatic heterocycles. The molecule has 6 aromatic carbocycles. The number of carbonyl (C=O) groups excluding carboxylic acids is 2. The molecule has 0 radical (unpaired) electrons. The SMILES string of the molecule is COC(=O)CCCCc1nc2cc(-c3noc(Cc4ccc(F)cc4)n3)ccc2c(=O)n1-c1ccc(F)cc1.COC(=O)CCCCc1nc2cc(/C(N)=N/O)ccc2c(=O)n1-c1ccc(F)cc1.O=C(O)Cc1ccc(F)cc1. The highest BCUT2D eigenvalue weighted by Gasteiger charge is 2.18. The summed E-state index contributed by atoms with van der Waals surface area (Å²) < 4.78 is 70.0. The van der Waals surface area contributed by atoms with E-state index in [1.165, 1.54) is 108 Å². The normalized spacial score (nSPS) is 11.1. The van der Waals surface area contributed by atoms with Crippen LogP contribution in [0.1, 0.15) is 72.8 Å². The zero-order valence-corrected chi connectivity index (χ0v) is 43.2. The molecular weight excluding hydrogens is 1040 g/mol. The lowest BCUT2D eigenvalue weighted by Gasteiger charge is -2.14. The molecule has 0 aliphatic carbocycles. The number of aromatic nitrogens is 6. The van der Waals surface area contributed by atoms with E-state index in [1.54, 1.807) is 48.5 Å². The Kier molecular flexibility index (Phi) is 19.8. The Morgan fingerprint density at radius 3 is 1.51 bits per heavy atom. The number of nitrogens with zero attached hydrogens (tertiary/aromatic N) is 7. The number of esters is 2. The molecular formula is C58H52F4N8O10. The van der Waals surface area contributed by atoms with Crippen molar-refractivity contribution in [2.24, 2.45) is 10.9 Å². The number of unbranched alkanes of at least 4 members (excludes halogenated alkanes) is 2. The maximum absolute atomic E-state index is 13.6. The van der Waals surface area contributed by atoms with Gasteiger partial charge in [0.2, 0.25) is 11.7 Å². The number of halogens is 4. The first-order chi connectivity index (χ1) is 38.5. The number of hydrogen-bond acceptors (Lipinski definition) is 14. The van der Waals surface area contributed by atoms with Crippen molar-refractivity contribution in [1.82, 2.24) is 29.2 Å². The molecule has 4 N–H and O–H groups in total. The highest BCUT2D eigenvalue weighted by Crippen LogP contribution is 2.24. The second-order valence-electron chi connectivity index (χ2n) is 17.8. The highest BCUT2D eigenvalue weighted by molar-refractivity contribution is 6.00. The van der Waals surface area contributed by atoms with Gasteiger partial charge in [-0.15, -0.1) is 0 Å². The van der Waals surface area contributed by atoms with Gasteiger partial charge in [0.25, 0.3) is 11.1 Å². The lowest BCUT2D eigenvalue weighted by Crippen LogP contribution is -2.24. The molecule has 9 rings (SSSR count). The number of rotatable bonds is 18. The molecule has 9 aromatic rings. The van der Waals surface area contributed by atoms with Crippen LogP contribution in [0.3, 0.4) is 0 Å². The Morgan fingerprint density at radius 2 is 1.05 bits per heavy atom. The van der Waals surface area contributed by atoms with Crippen molar-refractivity contribution in [2.75, 3.05) is 14.2 Å². The van der Waals surface area contributed by atoms with Crippen LogP contribution in [0.2, 0.25) is 0 Å². The number of fused-ring (bicyclic) bond motifs is 2. The lowest BCUT2D eigenvalue weighted by molar-refractivity contribution is -0.141. The Morgan fingerprint density at radius 1 is 0.600 bits per heavy atom. The van der Waals surface area contributed by atoms with Crippen molar-refractivity contribution in [3.05, 3.63) is 212 Å². The minimum Gasteiger partial charge on any atom is -0.481 e. The maximum atomic E-state index is 13.6. The van der Waals surface area contributed by atoms with E-state index < -0.39 is 17.6 Å². The summed E-state index contributed by atoms with van der Waals surface area (Å²) in [5, 5.41) is 25.0. The van der Waals surface area contributed by atoms with Gasteiger partial charge in [0.1, 0.15) is 34.9 Å². The zero-order valence-electron chi connectivity index (χ0n) is 43.2. The molecule has 0 unspecified atom stereocenters. The van der Waals surface area contributed by atoms with Crippen molar-refractivity contribution in [2.45, 2.75) is 64.2 Å². The average molecular weight is 1100 g/mol. The summed E-state index contributed by atoms with van der Waals surface area (Å²) in [5.74, 6) is -1.48. The molecule has 0 bridgehead atoms. The van der Waals surface area contributed by atoms with Gasteiger partial charge in [-0.05, 0) is 134 Å². The highest BCUT2D eigenvalue weighted by atomic mass is 19.1. The number of hydrogen-bond donors (Lipinski definition) is 3. The molecule has 0 fully saturated rings. The lowest BCUT2D eigenvalue weighted by atomic mass is 10.1. The van der Waals surface area contributed by atoms with Gasteiger partial charge in [-0.1, -0.05) is 46.7 Å². The molecule has 22 heteroatoms. The number of methoxy groups -OCH3 is 2. The number of benzene rings is 6. The average Bonchev–Trinajstić information content (AvgIpc) is 3.96. The van der Waals surface area contributed by atoms with Crippen LogP contribution in [0.25, 0.3) is 44.6 Å². The van der Waals surface area contributed by atoms with E-state index in [9.17, 15) is 41.5 Å². The summed E-state index contributed by atoms with van der Waals surface area (Å²) in [7, 11) is 2.67. The zero-order chi connectivity index (χ0) is 57.3. The van der Waals surface area contributed by atoms with Gasteiger partial charge in [-0.2, -0.15) is 4.98 Å². The Bertz CT molecular complexity index is 3780. The van der Waals surface area contributed by atoms with Crippen LogP contribution in [0, 0.1) is 23.3 Å². The summed E-state index contributed by atoms with van der Waals surface area (Å²) in [6.07, 6.45) is 3.93. The topological polar surface area (TPSA) is 257 Å². The van der Waals surface area contributed by atoms with E-state index in [-0.39, 0.29) is 59.8 Å². The van der Waals surface area contributed by atoms with E-state index in [2.05, 4.69) is 25.0 Å². The number of aliphatic carboxylic acids is 1. The molecule has 0 atom stereocenters. The van der Waals surface area contributed by atoms with Crippen molar-refractivity contribution in [3.8, 4) is 22.8 Å². The van der Waals surface area contributed by atoms with Crippen molar-refractivity contribution >= 4 is 45.5 Å². The van der Waals surface area contributed by atoms with Crippen LogP contribution in [0.15, 0.2) is 153 Å². The van der Waals surface area contributed by atoms with E-state index in [1.807, 2.05) is 0 Å². The predicted molar refractivity (Wildman–Crippen MR) is 286 cm³/mol. The number of nitrogens with two attached hydrogens (primary N) is 1. The monoisotopic (exact) mass is 1100 g/mol.